The van der Waals surface area contributed by atoms with E-state index in [0.717, 1.165) is 0 Å². The van der Waals surface area contributed by atoms with Crippen LogP contribution in [0.5, 0.6) is 0 Å². The summed E-state index contributed by atoms with van der Waals surface area (Å²) in [5, 5.41) is 11.6. The van der Waals surface area contributed by atoms with E-state index in [2.05, 4.69) is 10.9 Å². The fraction of sp³-hybridized carbons (Fsp3) is 0.136. The number of benzene rings is 2. The molecule has 29 heavy (non-hydrogen) atoms. The van der Waals surface area contributed by atoms with Crippen LogP contribution in [-0.2, 0) is 0 Å². The molecule has 0 unspecified atom stereocenters. The zero-order valence-electron chi connectivity index (χ0n) is 15.8. The van der Waals surface area contributed by atoms with Crippen LogP contribution in [0.25, 0.3) is 5.69 Å². The molecule has 0 radical (unpaired) electrons. The molecule has 0 bridgehead atoms. The molecule has 2 aromatic carbocycles. The van der Waals surface area contributed by atoms with Gasteiger partial charge in [-0.15, -0.1) is 6.42 Å². The molecule has 2 heterocycles. The Morgan fingerprint density at radius 2 is 2.00 bits per heavy atom. The van der Waals surface area contributed by atoms with Gasteiger partial charge in [-0.25, -0.2) is 4.98 Å². The van der Waals surface area contributed by atoms with Crippen molar-refractivity contribution in [2.24, 2.45) is 4.99 Å². The molecule has 4 rings (SSSR count). The first kappa shape index (κ1) is 18.3. The maximum Gasteiger partial charge on any atom is 0.278 e. The Labute approximate surface area is 166 Å². The maximum absolute atomic E-state index is 12.1. The Balaban J connectivity index is 2.09. The summed E-state index contributed by atoms with van der Waals surface area (Å²) in [4.78, 5) is 32.4. The number of rotatable bonds is 3. The highest BCUT2D eigenvalue weighted by Gasteiger charge is 2.29. The van der Waals surface area contributed by atoms with Crippen molar-refractivity contribution in [2.45, 2.75) is 19.9 Å². The van der Waals surface area contributed by atoms with Crippen LogP contribution in [0.3, 0.4) is 0 Å². The zero-order valence-corrected chi connectivity index (χ0v) is 15.8. The van der Waals surface area contributed by atoms with E-state index in [-0.39, 0.29) is 11.5 Å². The van der Waals surface area contributed by atoms with E-state index in [0.29, 0.717) is 39.5 Å². The molecule has 0 aliphatic carbocycles. The van der Waals surface area contributed by atoms with Gasteiger partial charge < -0.3 is 0 Å². The predicted octanol–water partition coefficient (Wildman–Crippen LogP) is 3.88. The molecule has 1 atom stereocenters. The van der Waals surface area contributed by atoms with Gasteiger partial charge in [-0.2, -0.15) is 0 Å². The minimum absolute atomic E-state index is 0.0491. The van der Waals surface area contributed by atoms with Crippen molar-refractivity contribution in [1.82, 2.24) is 9.55 Å². The summed E-state index contributed by atoms with van der Waals surface area (Å²) in [7, 11) is 0. The Morgan fingerprint density at radius 1 is 1.24 bits per heavy atom. The van der Waals surface area contributed by atoms with Crippen molar-refractivity contribution in [2.75, 3.05) is 0 Å². The summed E-state index contributed by atoms with van der Waals surface area (Å²) >= 11 is 0. The molecule has 0 N–H and O–H groups in total. The molecular weight excluding hydrogens is 368 g/mol. The Kier molecular flexibility index (Phi) is 4.32. The standard InChI is InChI=1S/C22H16N4O3/c1-4-15-9-10-18-17(11-15)21(16-7-5-6-8-19(16)26(28)29)24-13(2)22-20(14(3)27)23-12-25(18)22/h1,5-13H,2-3H3/t13-/m0/s1. The van der Waals surface area contributed by atoms with Crippen molar-refractivity contribution in [3.8, 4) is 18.0 Å². The van der Waals surface area contributed by atoms with Gasteiger partial charge in [0.05, 0.1) is 33.6 Å². The number of nitrogens with zero attached hydrogens (tertiary/aromatic N) is 4. The number of aliphatic imine (C=N–C) groups is 1. The number of para-hydroxylation sites is 1. The van der Waals surface area contributed by atoms with Gasteiger partial charge in [-0.1, -0.05) is 18.1 Å². The van der Waals surface area contributed by atoms with Crippen molar-refractivity contribution in [3.05, 3.63) is 87.0 Å². The number of ketones is 1. The number of carbonyl (C=O) groups excluding carboxylic acids is 1. The number of nitro groups is 1. The van der Waals surface area contributed by atoms with Gasteiger partial charge in [0, 0.05) is 24.1 Å². The van der Waals surface area contributed by atoms with Gasteiger partial charge in [0.25, 0.3) is 5.69 Å². The fourth-order valence-electron chi connectivity index (χ4n) is 3.62. The van der Waals surface area contributed by atoms with Gasteiger partial charge in [-0.05, 0) is 31.2 Å². The lowest BCUT2D eigenvalue weighted by Gasteiger charge is -2.12. The van der Waals surface area contributed by atoms with Crippen molar-refractivity contribution >= 4 is 17.2 Å². The van der Waals surface area contributed by atoms with Gasteiger partial charge in [0.1, 0.15) is 12.0 Å². The number of terminal acetylenes is 1. The Hall–Kier alpha value is -4.05. The predicted molar refractivity (Wildman–Crippen MR) is 109 cm³/mol. The van der Waals surface area contributed by atoms with Crippen LogP contribution in [0.2, 0.25) is 0 Å². The lowest BCUT2D eigenvalue weighted by atomic mass is 9.97. The van der Waals surface area contributed by atoms with Gasteiger partial charge in [0.15, 0.2) is 5.78 Å². The lowest BCUT2D eigenvalue weighted by Crippen LogP contribution is -2.10. The van der Waals surface area contributed by atoms with Crippen LogP contribution in [0, 0.1) is 22.5 Å². The highest BCUT2D eigenvalue weighted by Crippen LogP contribution is 2.34. The average molecular weight is 384 g/mol. The molecule has 1 aliphatic heterocycles. The summed E-state index contributed by atoms with van der Waals surface area (Å²) < 4.78 is 1.81. The van der Waals surface area contributed by atoms with E-state index in [1.54, 1.807) is 36.7 Å². The number of aromatic nitrogens is 2. The molecule has 0 saturated heterocycles. The number of fused-ring (bicyclic) bond motifs is 3. The third kappa shape index (κ3) is 2.91. The molecule has 0 saturated carbocycles. The summed E-state index contributed by atoms with van der Waals surface area (Å²) in [6.07, 6.45) is 7.17. The van der Waals surface area contributed by atoms with E-state index in [1.165, 1.54) is 13.0 Å². The molecule has 1 aliphatic rings. The van der Waals surface area contributed by atoms with Crippen LogP contribution in [0.4, 0.5) is 5.69 Å². The molecule has 1 aromatic heterocycles. The van der Waals surface area contributed by atoms with E-state index in [1.807, 2.05) is 17.6 Å². The smallest absolute Gasteiger partial charge is 0.278 e. The Bertz CT molecular complexity index is 1250. The second kappa shape index (κ2) is 6.84. The quantitative estimate of drug-likeness (QED) is 0.297. The summed E-state index contributed by atoms with van der Waals surface area (Å²) in [6.45, 7) is 3.29. The van der Waals surface area contributed by atoms with Crippen LogP contribution >= 0.6 is 0 Å². The number of Topliss-reactive ketones (excluding diaryl/α,β-unsaturated/α-hetero) is 1. The van der Waals surface area contributed by atoms with Gasteiger partial charge >= 0.3 is 0 Å². The highest BCUT2D eigenvalue weighted by molar-refractivity contribution is 6.17. The monoisotopic (exact) mass is 384 g/mol. The van der Waals surface area contributed by atoms with Gasteiger partial charge in [-0.3, -0.25) is 24.5 Å². The summed E-state index contributed by atoms with van der Waals surface area (Å²) in [5.74, 6) is 2.43. The zero-order chi connectivity index (χ0) is 20.7. The number of hydrogen-bond acceptors (Lipinski definition) is 5. The van der Waals surface area contributed by atoms with Crippen LogP contribution in [-0.4, -0.2) is 26.0 Å². The fourth-order valence-corrected chi connectivity index (χ4v) is 3.62. The second-order valence-electron chi connectivity index (χ2n) is 6.71. The van der Waals surface area contributed by atoms with Crippen LogP contribution in [0.1, 0.15) is 52.8 Å². The van der Waals surface area contributed by atoms with Crippen LogP contribution in [0.15, 0.2) is 53.8 Å². The highest BCUT2D eigenvalue weighted by atomic mass is 16.6. The maximum atomic E-state index is 12.1. The number of imidazole rings is 1. The average Bonchev–Trinajstić information content (AvgIpc) is 3.12. The molecular formula is C22H16N4O3. The third-order valence-electron chi connectivity index (χ3n) is 4.89. The summed E-state index contributed by atoms with van der Waals surface area (Å²) in [6, 6.07) is 11.4. The third-order valence-corrected chi connectivity index (χ3v) is 4.89. The minimum atomic E-state index is -0.451. The van der Waals surface area contributed by atoms with Crippen molar-refractivity contribution in [1.29, 1.82) is 0 Å². The molecule has 3 aromatic rings. The van der Waals surface area contributed by atoms with E-state index < -0.39 is 11.0 Å². The molecule has 0 spiro atoms. The van der Waals surface area contributed by atoms with E-state index in [4.69, 9.17) is 11.4 Å². The lowest BCUT2D eigenvalue weighted by molar-refractivity contribution is -0.385. The molecule has 0 fully saturated rings. The van der Waals surface area contributed by atoms with Gasteiger partial charge in [0.2, 0.25) is 0 Å². The first-order valence-electron chi connectivity index (χ1n) is 8.93. The molecule has 7 nitrogen and oxygen atoms in total. The number of nitro benzene ring substituents is 1. The first-order chi connectivity index (χ1) is 13.9. The minimum Gasteiger partial charge on any atom is -0.300 e. The normalized spacial score (nSPS) is 14.8. The largest absolute Gasteiger partial charge is 0.300 e. The van der Waals surface area contributed by atoms with Crippen LogP contribution < -0.4 is 0 Å². The van der Waals surface area contributed by atoms with E-state index >= 15 is 0 Å². The first-order valence-corrected chi connectivity index (χ1v) is 8.93. The number of carbonyl (C=O) groups is 1. The molecule has 0 amide bonds. The van der Waals surface area contributed by atoms with E-state index in [9.17, 15) is 14.9 Å². The molecule has 7 heteroatoms. The van der Waals surface area contributed by atoms with Crippen molar-refractivity contribution < 1.29 is 9.72 Å². The topological polar surface area (TPSA) is 90.4 Å². The summed E-state index contributed by atoms with van der Waals surface area (Å²) in [5.41, 5.74) is 3.74. The SMILES string of the molecule is C#Cc1ccc2c(c1)C(c1ccccc1[N+](=O)[O-])=N[C@@H](C)c1c(C(C)=O)ncn1-2. The second-order valence-corrected chi connectivity index (χ2v) is 6.71. The molecule has 142 valence electrons. The van der Waals surface area contributed by atoms with Crippen molar-refractivity contribution in [3.63, 3.8) is 0 Å². The number of hydrogen-bond donors (Lipinski definition) is 0. The Morgan fingerprint density at radius 3 is 2.69 bits per heavy atom.